The van der Waals surface area contributed by atoms with Crippen molar-refractivity contribution in [1.29, 1.82) is 0 Å². The summed E-state index contributed by atoms with van der Waals surface area (Å²) in [6.07, 6.45) is 7.42. The molecule has 1 aliphatic heterocycles. The first-order chi connectivity index (χ1) is 21.6. The summed E-state index contributed by atoms with van der Waals surface area (Å²) in [5.41, 5.74) is 5.53. The number of carboxylic acid groups (broad SMARTS) is 2. The first-order valence-electron chi connectivity index (χ1n) is 15.9. The molecule has 0 aromatic heterocycles. The molecule has 10 nitrogen and oxygen atoms in total. The molecule has 0 saturated carbocycles. The van der Waals surface area contributed by atoms with Crippen LogP contribution in [0.4, 0.5) is 5.69 Å². The Hall–Kier alpha value is -3.28. The molecular weight excluding hydrogens is 594 g/mol. The van der Waals surface area contributed by atoms with Crippen molar-refractivity contribution < 1.29 is 34.1 Å². The van der Waals surface area contributed by atoms with Gasteiger partial charge in [0.05, 0.1) is 12.2 Å². The normalized spacial score (nSPS) is 14.3. The van der Waals surface area contributed by atoms with Gasteiger partial charge in [-0.2, -0.15) is 0 Å². The minimum atomic E-state index is -1.34. The molecule has 0 radical (unpaired) electrons. The van der Waals surface area contributed by atoms with Gasteiger partial charge in [0.25, 0.3) is 0 Å². The Balaban J connectivity index is 0.000000344. The predicted octanol–water partition coefficient (Wildman–Crippen LogP) is 5.67. The smallest absolute Gasteiger partial charge is 0.340 e. The second-order valence-corrected chi connectivity index (χ2v) is 12.2. The summed E-state index contributed by atoms with van der Waals surface area (Å²) < 4.78 is 11.3. The van der Waals surface area contributed by atoms with Crippen LogP contribution in [-0.2, 0) is 24.7 Å². The zero-order chi connectivity index (χ0) is 33.1. The first kappa shape index (κ1) is 37.9. The van der Waals surface area contributed by atoms with Crippen LogP contribution >= 0.6 is 11.8 Å². The number of primary amides is 1. The number of ether oxygens (including phenoxy) is 2. The number of hydrogen-bond donors (Lipinski definition) is 4. The molecule has 250 valence electrons. The van der Waals surface area contributed by atoms with Crippen molar-refractivity contribution in [1.82, 2.24) is 5.32 Å². The van der Waals surface area contributed by atoms with Gasteiger partial charge in [0.15, 0.2) is 5.60 Å². The number of amides is 1. The third-order valence-corrected chi connectivity index (χ3v) is 8.64. The Morgan fingerprint density at radius 2 is 1.71 bits per heavy atom. The van der Waals surface area contributed by atoms with Crippen LogP contribution in [0.1, 0.15) is 77.7 Å². The number of nitrogens with one attached hydrogen (secondary N) is 1. The predicted molar refractivity (Wildman–Crippen MR) is 179 cm³/mol. The molecular formula is C34H51N3O7S. The zero-order valence-electron chi connectivity index (χ0n) is 27.0. The van der Waals surface area contributed by atoms with Crippen molar-refractivity contribution in [3.8, 4) is 5.75 Å². The first-order valence-corrected chi connectivity index (χ1v) is 16.9. The largest absolute Gasteiger partial charge is 0.492 e. The van der Waals surface area contributed by atoms with Crippen LogP contribution in [0.2, 0.25) is 0 Å². The lowest BCUT2D eigenvalue weighted by molar-refractivity contribution is -0.164. The van der Waals surface area contributed by atoms with Gasteiger partial charge in [-0.3, -0.25) is 9.59 Å². The van der Waals surface area contributed by atoms with Crippen LogP contribution in [0.5, 0.6) is 5.75 Å². The van der Waals surface area contributed by atoms with E-state index in [9.17, 15) is 19.5 Å². The Bertz CT molecular complexity index is 1180. The average molecular weight is 646 g/mol. The SMILES string of the molecule is CCCCCCCCN[C@@H](CCC(N)=O)C(=O)O.CCOC(C)(C(=O)O)c1ccc(OCCN2CCSc3ccccc32)cc1. The number of rotatable bonds is 20. The fourth-order valence-corrected chi connectivity index (χ4v) is 5.99. The molecule has 1 aliphatic rings. The lowest BCUT2D eigenvalue weighted by atomic mass is 9.96. The molecule has 0 saturated heterocycles. The number of carboxylic acids is 2. The van der Waals surface area contributed by atoms with E-state index in [0.717, 1.165) is 37.4 Å². The summed E-state index contributed by atoms with van der Waals surface area (Å²) in [4.78, 5) is 36.7. The van der Waals surface area contributed by atoms with Crippen molar-refractivity contribution in [3.05, 3.63) is 54.1 Å². The van der Waals surface area contributed by atoms with E-state index in [4.69, 9.17) is 20.3 Å². The number of carbonyl (C=O) groups excluding carboxylic acids is 1. The number of nitrogens with two attached hydrogens (primary N) is 1. The van der Waals surface area contributed by atoms with Crippen LogP contribution in [0.25, 0.3) is 0 Å². The summed E-state index contributed by atoms with van der Waals surface area (Å²) in [6.45, 7) is 8.94. The standard InChI is InChI=1S/C21H25NO4S.C13H26N2O3/c1-3-26-21(2,20(23)24)16-8-10-17(11-9-16)25-14-12-22-13-15-27-19-7-5-4-6-18(19)22;1-2-3-4-5-6-7-10-15-11(13(17)18)8-9-12(14)16/h4-11H,3,12-15H2,1-2H3,(H,23,24);11,15H,2-10H2,1H3,(H2,14,16)(H,17,18)/t;11-/m.0/s1. The van der Waals surface area contributed by atoms with Crippen molar-refractivity contribution >= 4 is 35.3 Å². The fourth-order valence-electron chi connectivity index (χ4n) is 4.94. The molecule has 45 heavy (non-hydrogen) atoms. The Morgan fingerprint density at radius 3 is 2.36 bits per heavy atom. The summed E-state index contributed by atoms with van der Waals surface area (Å²) in [5.74, 6) is -0.566. The molecule has 5 N–H and O–H groups in total. The molecule has 3 rings (SSSR count). The molecule has 1 unspecified atom stereocenters. The van der Waals surface area contributed by atoms with Gasteiger partial charge in [0.1, 0.15) is 18.4 Å². The molecule has 2 aromatic rings. The minimum absolute atomic E-state index is 0.112. The summed E-state index contributed by atoms with van der Waals surface area (Å²) in [6, 6.07) is 14.9. The third kappa shape index (κ3) is 13.3. The number of aliphatic carboxylic acids is 2. The van der Waals surface area contributed by atoms with Gasteiger partial charge in [-0.1, -0.05) is 63.3 Å². The number of benzene rings is 2. The average Bonchev–Trinajstić information content (AvgIpc) is 3.02. The van der Waals surface area contributed by atoms with E-state index in [1.54, 1.807) is 38.1 Å². The minimum Gasteiger partial charge on any atom is -0.492 e. The Labute approximate surface area is 272 Å². The van der Waals surface area contributed by atoms with Gasteiger partial charge in [0.2, 0.25) is 5.91 Å². The second kappa shape index (κ2) is 20.7. The second-order valence-electron chi connectivity index (χ2n) is 11.1. The maximum absolute atomic E-state index is 11.6. The molecule has 2 atom stereocenters. The number of nitrogens with zero attached hydrogens (tertiary/aromatic N) is 1. The van der Waals surface area contributed by atoms with E-state index in [1.165, 1.54) is 36.3 Å². The Morgan fingerprint density at radius 1 is 1.02 bits per heavy atom. The monoisotopic (exact) mass is 645 g/mol. The van der Waals surface area contributed by atoms with E-state index >= 15 is 0 Å². The highest BCUT2D eigenvalue weighted by atomic mass is 32.2. The summed E-state index contributed by atoms with van der Waals surface area (Å²) >= 11 is 1.89. The molecule has 0 fully saturated rings. The van der Waals surface area contributed by atoms with Gasteiger partial charge in [-0.25, -0.2) is 4.79 Å². The Kier molecular flexibility index (Phi) is 17.4. The van der Waals surface area contributed by atoms with Gasteiger partial charge < -0.3 is 35.6 Å². The van der Waals surface area contributed by atoms with E-state index in [1.807, 2.05) is 11.8 Å². The van der Waals surface area contributed by atoms with E-state index in [0.29, 0.717) is 25.3 Å². The number of hydrogen-bond acceptors (Lipinski definition) is 8. The van der Waals surface area contributed by atoms with Gasteiger partial charge in [-0.15, -0.1) is 11.8 Å². The van der Waals surface area contributed by atoms with Crippen LogP contribution in [0, 0.1) is 0 Å². The molecule has 2 aromatic carbocycles. The molecule has 0 spiro atoms. The van der Waals surface area contributed by atoms with Gasteiger partial charge in [0, 0.05) is 30.2 Å². The maximum Gasteiger partial charge on any atom is 0.340 e. The highest BCUT2D eigenvalue weighted by Crippen LogP contribution is 2.34. The van der Waals surface area contributed by atoms with Crippen LogP contribution in [0.3, 0.4) is 0 Å². The molecule has 0 aliphatic carbocycles. The van der Waals surface area contributed by atoms with Crippen molar-refractivity contribution in [2.75, 3.05) is 43.5 Å². The quantitative estimate of drug-likeness (QED) is 0.133. The highest BCUT2D eigenvalue weighted by molar-refractivity contribution is 7.99. The van der Waals surface area contributed by atoms with E-state index in [-0.39, 0.29) is 12.8 Å². The highest BCUT2D eigenvalue weighted by Gasteiger charge is 2.36. The molecule has 0 bridgehead atoms. The van der Waals surface area contributed by atoms with Crippen LogP contribution in [0.15, 0.2) is 53.4 Å². The number of fused-ring (bicyclic) bond motifs is 1. The number of carbonyl (C=O) groups is 3. The lowest BCUT2D eigenvalue weighted by Crippen LogP contribution is -2.38. The van der Waals surface area contributed by atoms with Crippen LogP contribution < -0.4 is 20.7 Å². The van der Waals surface area contributed by atoms with Gasteiger partial charge >= 0.3 is 11.9 Å². The molecule has 1 amide bonds. The molecule has 11 heteroatoms. The third-order valence-electron chi connectivity index (χ3n) is 7.60. The number of thioether (sulfide) groups is 1. The van der Waals surface area contributed by atoms with E-state index < -0.39 is 29.5 Å². The summed E-state index contributed by atoms with van der Waals surface area (Å²) in [7, 11) is 0. The number of unbranched alkanes of at least 4 members (excludes halogenated alkanes) is 5. The fraction of sp³-hybridized carbons (Fsp3) is 0.559. The van der Waals surface area contributed by atoms with Crippen molar-refractivity contribution in [3.63, 3.8) is 0 Å². The number of para-hydroxylation sites is 1. The van der Waals surface area contributed by atoms with Gasteiger partial charge in [-0.05, 0) is 63.1 Å². The topological polar surface area (TPSA) is 151 Å². The van der Waals surface area contributed by atoms with E-state index in [2.05, 4.69) is 41.4 Å². The zero-order valence-corrected chi connectivity index (χ0v) is 27.8. The maximum atomic E-state index is 11.6. The number of anilines is 1. The van der Waals surface area contributed by atoms with Crippen molar-refractivity contribution in [2.24, 2.45) is 5.73 Å². The van der Waals surface area contributed by atoms with Crippen molar-refractivity contribution in [2.45, 2.75) is 88.7 Å². The summed E-state index contributed by atoms with van der Waals surface area (Å²) in [5, 5.41) is 21.4. The van der Waals surface area contributed by atoms with Crippen LogP contribution in [-0.4, -0.2) is 72.7 Å². The lowest BCUT2D eigenvalue weighted by Gasteiger charge is -2.30. The molecule has 1 heterocycles.